The van der Waals surface area contributed by atoms with Gasteiger partial charge < -0.3 is 10.6 Å². The molecule has 3 rings (SSSR count). The van der Waals surface area contributed by atoms with Gasteiger partial charge in [0.1, 0.15) is 0 Å². The Morgan fingerprint density at radius 1 is 1.18 bits per heavy atom. The number of primary sulfonamides is 1. The molecular formula is C15H21N3O3S. The van der Waals surface area contributed by atoms with Crippen LogP contribution in [-0.4, -0.2) is 33.5 Å². The summed E-state index contributed by atoms with van der Waals surface area (Å²) in [6, 6.07) is 5.93. The first-order chi connectivity index (χ1) is 10.4. The van der Waals surface area contributed by atoms with Crippen LogP contribution in [0.4, 0.5) is 0 Å². The summed E-state index contributed by atoms with van der Waals surface area (Å²) in [5.41, 5.74) is 0.874. The first kappa shape index (κ1) is 15.5. The highest BCUT2D eigenvalue weighted by Gasteiger charge is 2.44. The van der Waals surface area contributed by atoms with Crippen molar-refractivity contribution in [1.29, 1.82) is 0 Å². The van der Waals surface area contributed by atoms with Gasteiger partial charge in [-0.3, -0.25) is 4.79 Å². The number of nitrogens with one attached hydrogen (secondary N) is 2. The fourth-order valence-electron chi connectivity index (χ4n) is 3.52. The predicted octanol–water partition coefficient (Wildman–Crippen LogP) is 0.596. The summed E-state index contributed by atoms with van der Waals surface area (Å²) in [6.45, 7) is 2.13. The van der Waals surface area contributed by atoms with Crippen molar-refractivity contribution >= 4 is 15.9 Å². The molecule has 2 fully saturated rings. The van der Waals surface area contributed by atoms with Crippen molar-refractivity contribution in [2.75, 3.05) is 13.1 Å². The van der Waals surface area contributed by atoms with Crippen molar-refractivity contribution in [2.45, 2.75) is 36.6 Å². The average molecular weight is 323 g/mol. The van der Waals surface area contributed by atoms with Gasteiger partial charge in [0.2, 0.25) is 10.0 Å². The highest BCUT2D eigenvalue weighted by atomic mass is 32.2. The number of sulfonamides is 1. The van der Waals surface area contributed by atoms with Gasteiger partial charge in [0.05, 0.1) is 4.90 Å². The fourth-order valence-corrected chi connectivity index (χ4v) is 4.03. The van der Waals surface area contributed by atoms with Gasteiger partial charge in [-0.15, -0.1) is 0 Å². The molecule has 6 nitrogen and oxygen atoms in total. The molecule has 1 heterocycles. The number of carbonyl (C=O) groups is 1. The second-order valence-electron chi connectivity index (χ2n) is 6.40. The summed E-state index contributed by atoms with van der Waals surface area (Å²) < 4.78 is 22.4. The second kappa shape index (κ2) is 5.64. The van der Waals surface area contributed by atoms with E-state index < -0.39 is 10.0 Å². The number of hydrogen-bond acceptors (Lipinski definition) is 4. The number of piperidine rings is 1. The van der Waals surface area contributed by atoms with Gasteiger partial charge in [-0.1, -0.05) is 0 Å². The third kappa shape index (κ3) is 3.16. The monoisotopic (exact) mass is 323 g/mol. The standard InChI is InChI=1S/C15H21N3O3S/c16-22(20,21)13-3-1-11(2-4-13)14(19)18-12-9-15(10-12)5-7-17-8-6-15/h1-4,12,17H,5-10H2,(H,18,19)(H2,16,20,21). The minimum Gasteiger partial charge on any atom is -0.349 e. The van der Waals surface area contributed by atoms with Crippen LogP contribution in [0, 0.1) is 5.41 Å². The molecule has 0 atom stereocenters. The Morgan fingerprint density at radius 3 is 2.32 bits per heavy atom. The smallest absolute Gasteiger partial charge is 0.251 e. The quantitative estimate of drug-likeness (QED) is 0.758. The molecule has 4 N–H and O–H groups in total. The molecule has 1 aromatic rings. The molecule has 0 bridgehead atoms. The lowest BCUT2D eigenvalue weighted by atomic mass is 9.60. The van der Waals surface area contributed by atoms with Crippen molar-refractivity contribution in [3.8, 4) is 0 Å². The van der Waals surface area contributed by atoms with E-state index in [2.05, 4.69) is 10.6 Å². The van der Waals surface area contributed by atoms with E-state index >= 15 is 0 Å². The molecule has 1 aliphatic heterocycles. The number of amides is 1. The SMILES string of the molecule is NS(=O)(=O)c1ccc(C(=O)NC2CC3(CCNCC3)C2)cc1. The molecule has 1 spiro atoms. The summed E-state index contributed by atoms with van der Waals surface area (Å²) in [5.74, 6) is -0.158. The maximum absolute atomic E-state index is 12.2. The van der Waals surface area contributed by atoms with Crippen molar-refractivity contribution in [1.82, 2.24) is 10.6 Å². The summed E-state index contributed by atoms with van der Waals surface area (Å²) in [4.78, 5) is 12.2. The van der Waals surface area contributed by atoms with Gasteiger partial charge in [0.25, 0.3) is 5.91 Å². The van der Waals surface area contributed by atoms with E-state index in [1.165, 1.54) is 37.1 Å². The van der Waals surface area contributed by atoms with E-state index in [0.717, 1.165) is 25.9 Å². The largest absolute Gasteiger partial charge is 0.349 e. The molecule has 1 amide bonds. The summed E-state index contributed by atoms with van der Waals surface area (Å²) in [6.07, 6.45) is 4.44. The van der Waals surface area contributed by atoms with Gasteiger partial charge in [-0.05, 0) is 68.5 Å². The lowest BCUT2D eigenvalue weighted by molar-refractivity contribution is 0.0423. The number of rotatable bonds is 3. The highest BCUT2D eigenvalue weighted by Crippen LogP contribution is 2.47. The third-order valence-electron chi connectivity index (χ3n) is 4.80. The average Bonchev–Trinajstić information content (AvgIpc) is 2.46. The Bertz CT molecular complexity index is 656. The van der Waals surface area contributed by atoms with Gasteiger partial charge in [-0.2, -0.15) is 0 Å². The van der Waals surface area contributed by atoms with Crippen LogP contribution in [0.5, 0.6) is 0 Å². The van der Waals surface area contributed by atoms with Crippen LogP contribution in [0.1, 0.15) is 36.0 Å². The van der Waals surface area contributed by atoms with Crippen molar-refractivity contribution < 1.29 is 13.2 Å². The molecule has 0 unspecified atom stereocenters. The van der Waals surface area contributed by atoms with Crippen molar-refractivity contribution in [2.24, 2.45) is 10.6 Å². The molecule has 1 saturated carbocycles. The maximum atomic E-state index is 12.2. The Morgan fingerprint density at radius 2 is 1.77 bits per heavy atom. The van der Waals surface area contributed by atoms with Gasteiger partial charge in [-0.25, -0.2) is 13.6 Å². The molecule has 1 aliphatic carbocycles. The van der Waals surface area contributed by atoms with Crippen LogP contribution in [0.15, 0.2) is 29.2 Å². The summed E-state index contributed by atoms with van der Waals surface area (Å²) >= 11 is 0. The minimum atomic E-state index is -3.72. The van der Waals surface area contributed by atoms with Crippen LogP contribution in [0.3, 0.4) is 0 Å². The van der Waals surface area contributed by atoms with Crippen LogP contribution in [0.25, 0.3) is 0 Å². The zero-order valence-electron chi connectivity index (χ0n) is 12.3. The number of carbonyl (C=O) groups excluding carboxylic acids is 1. The van der Waals surface area contributed by atoms with E-state index in [9.17, 15) is 13.2 Å². The first-order valence-corrected chi connectivity index (χ1v) is 9.07. The fraction of sp³-hybridized carbons (Fsp3) is 0.533. The normalized spacial score (nSPS) is 21.3. The summed E-state index contributed by atoms with van der Waals surface area (Å²) in [7, 11) is -3.72. The first-order valence-electron chi connectivity index (χ1n) is 7.53. The Hall–Kier alpha value is -1.44. The second-order valence-corrected chi connectivity index (χ2v) is 7.96. The number of hydrogen-bond donors (Lipinski definition) is 3. The van der Waals surface area contributed by atoms with E-state index in [1.807, 2.05) is 0 Å². The Labute approximate surface area is 130 Å². The minimum absolute atomic E-state index is 0.0151. The molecule has 22 heavy (non-hydrogen) atoms. The molecule has 1 saturated heterocycles. The molecule has 0 aromatic heterocycles. The van der Waals surface area contributed by atoms with Crippen LogP contribution < -0.4 is 15.8 Å². The van der Waals surface area contributed by atoms with Crippen LogP contribution in [-0.2, 0) is 10.0 Å². The zero-order valence-corrected chi connectivity index (χ0v) is 13.2. The Balaban J connectivity index is 1.57. The number of nitrogens with two attached hydrogens (primary N) is 1. The van der Waals surface area contributed by atoms with Crippen molar-refractivity contribution in [3.63, 3.8) is 0 Å². The maximum Gasteiger partial charge on any atom is 0.251 e. The van der Waals surface area contributed by atoms with E-state index in [1.54, 1.807) is 0 Å². The number of benzene rings is 1. The van der Waals surface area contributed by atoms with Crippen LogP contribution in [0.2, 0.25) is 0 Å². The van der Waals surface area contributed by atoms with Crippen molar-refractivity contribution in [3.05, 3.63) is 29.8 Å². The zero-order chi connectivity index (χ0) is 15.8. The molecule has 2 aliphatic rings. The molecule has 1 aromatic carbocycles. The molecular weight excluding hydrogens is 302 g/mol. The van der Waals surface area contributed by atoms with Gasteiger partial charge >= 0.3 is 0 Å². The topological polar surface area (TPSA) is 101 Å². The van der Waals surface area contributed by atoms with E-state index in [-0.39, 0.29) is 16.8 Å². The lowest BCUT2D eigenvalue weighted by Gasteiger charge is -2.50. The molecule has 7 heteroatoms. The highest BCUT2D eigenvalue weighted by molar-refractivity contribution is 7.89. The van der Waals surface area contributed by atoms with Gasteiger partial charge in [0, 0.05) is 11.6 Å². The molecule has 0 radical (unpaired) electrons. The third-order valence-corrected chi connectivity index (χ3v) is 5.73. The predicted molar refractivity (Wildman–Crippen MR) is 82.8 cm³/mol. The van der Waals surface area contributed by atoms with E-state index in [0.29, 0.717) is 11.0 Å². The van der Waals surface area contributed by atoms with Gasteiger partial charge in [0.15, 0.2) is 0 Å². The van der Waals surface area contributed by atoms with E-state index in [4.69, 9.17) is 5.14 Å². The Kier molecular flexibility index (Phi) is 3.96. The lowest BCUT2D eigenvalue weighted by Crippen LogP contribution is -2.54. The summed E-state index contributed by atoms with van der Waals surface area (Å²) in [5, 5.41) is 11.4. The molecule has 120 valence electrons. The van der Waals surface area contributed by atoms with Crippen LogP contribution >= 0.6 is 0 Å².